The molecule has 2 aliphatic carbocycles. The van der Waals surface area contributed by atoms with Crippen molar-refractivity contribution in [3.63, 3.8) is 0 Å². The van der Waals surface area contributed by atoms with E-state index in [0.717, 1.165) is 67.9 Å². The minimum Gasteiger partial charge on any atom is -0.509 e. The summed E-state index contributed by atoms with van der Waals surface area (Å²) < 4.78 is 9.06. The number of hydrogen-bond donors (Lipinski definition) is 0. The minimum atomic E-state index is -0.503. The number of ether oxygens (including phenoxy) is 1. The van der Waals surface area contributed by atoms with E-state index in [0.29, 0.717) is 11.5 Å². The van der Waals surface area contributed by atoms with Crippen LogP contribution in [0.1, 0.15) is 112 Å². The van der Waals surface area contributed by atoms with Crippen LogP contribution < -0.4 is 14.5 Å². The first-order valence-electron chi connectivity index (χ1n) is 29.9. The monoisotopic (exact) mass is 1290 g/mol. The van der Waals surface area contributed by atoms with E-state index in [4.69, 9.17) is 9.72 Å². The molecule has 426 valence electrons. The van der Waals surface area contributed by atoms with Crippen molar-refractivity contribution in [2.45, 2.75) is 90.4 Å². The van der Waals surface area contributed by atoms with Crippen molar-refractivity contribution in [1.82, 2.24) is 9.55 Å². The van der Waals surface area contributed by atoms with E-state index in [1.165, 1.54) is 72.3 Å². The second-order valence-electron chi connectivity index (χ2n) is 26.5. The van der Waals surface area contributed by atoms with E-state index in [9.17, 15) is 0 Å². The number of nitrogens with zero attached hydrogens (tertiary/aromatic N) is 4. The van der Waals surface area contributed by atoms with Gasteiger partial charge in [-0.1, -0.05) is 226 Å². The number of para-hydroxylation sites is 4. The van der Waals surface area contributed by atoms with Gasteiger partial charge in [0.1, 0.15) is 5.82 Å². The Kier molecular flexibility index (Phi) is 13.1. The first kappa shape index (κ1) is 55.1. The molecule has 0 saturated heterocycles. The average molecular weight is 1300 g/mol. The molecular formula is C80H67N4OPt-3. The van der Waals surface area contributed by atoms with Crippen LogP contribution in [0.5, 0.6) is 11.5 Å². The first-order chi connectivity index (χ1) is 41.0. The van der Waals surface area contributed by atoms with E-state index >= 15 is 0 Å². The summed E-state index contributed by atoms with van der Waals surface area (Å²) in [6.07, 6.45) is 2.82. The summed E-state index contributed by atoms with van der Waals surface area (Å²) in [4.78, 5) is 9.63. The second kappa shape index (κ2) is 20.5. The maximum Gasteiger partial charge on any atom is 0.135 e. The van der Waals surface area contributed by atoms with Gasteiger partial charge < -0.3 is 19.1 Å². The van der Waals surface area contributed by atoms with Gasteiger partial charge in [0.05, 0.1) is 5.41 Å². The fourth-order valence-corrected chi connectivity index (χ4v) is 13.9. The Morgan fingerprint density at radius 2 is 1.03 bits per heavy atom. The van der Waals surface area contributed by atoms with Gasteiger partial charge in [-0.2, -0.15) is 12.1 Å². The quantitative estimate of drug-likeness (QED) is 0.149. The summed E-state index contributed by atoms with van der Waals surface area (Å²) >= 11 is 0. The average Bonchev–Trinajstić information content (AvgIpc) is 1.48. The van der Waals surface area contributed by atoms with Crippen molar-refractivity contribution in [3.8, 4) is 50.7 Å². The third kappa shape index (κ3) is 8.79. The topological polar surface area (TPSA) is 33.5 Å². The fourth-order valence-electron chi connectivity index (χ4n) is 13.9. The van der Waals surface area contributed by atoms with Crippen LogP contribution >= 0.6 is 0 Å². The molecule has 15 rings (SSSR count). The molecule has 0 amide bonds. The number of anilines is 4. The molecule has 0 bridgehead atoms. The van der Waals surface area contributed by atoms with Crippen LogP contribution in [0.2, 0.25) is 0 Å². The molecule has 0 N–H and O–H groups in total. The second-order valence-corrected chi connectivity index (χ2v) is 26.5. The van der Waals surface area contributed by atoms with Gasteiger partial charge in [0.2, 0.25) is 0 Å². The van der Waals surface area contributed by atoms with Gasteiger partial charge in [0, 0.05) is 72.5 Å². The Bertz CT molecular complexity index is 4600. The van der Waals surface area contributed by atoms with Crippen molar-refractivity contribution in [2.24, 2.45) is 0 Å². The summed E-state index contributed by atoms with van der Waals surface area (Å²) in [5.41, 5.74) is 24.4. The van der Waals surface area contributed by atoms with Crippen LogP contribution in [0.3, 0.4) is 0 Å². The number of benzene rings is 10. The molecule has 0 saturated carbocycles. The number of pyridine rings is 1. The van der Waals surface area contributed by atoms with Gasteiger partial charge in [-0.25, -0.2) is 4.98 Å². The van der Waals surface area contributed by atoms with Crippen molar-refractivity contribution < 1.29 is 25.8 Å². The molecule has 6 heteroatoms. The zero-order valence-corrected chi connectivity index (χ0v) is 52.4. The Hall–Kier alpha value is -8.76. The number of aromatic nitrogens is 2. The smallest absolute Gasteiger partial charge is 0.135 e. The summed E-state index contributed by atoms with van der Waals surface area (Å²) in [6, 6.07) is 88.2. The standard InChI is InChI=1S/C80H67N4O.Pt/c1-77(2,3)54-41-42-81-74(47-54)84-70-36-17-13-27-61(70)62-40-39-59(49-73(62)84)85-58-26-20-25-57(48-58)82-50-83(72-38-19-18-37-71(72)82)76-60(53-44-55(78(4,5)6)46-56(45-53)79(7,8)9)29-21-31-64(76)63-30-22-35-69-75(63)65-28-12-16-34-68(65)80(69)66-32-14-10-23-51(66)43-52-24-11-15-33-67(52)80;/h10-42,44-47,50H,43H2,1-9H3;/q-3;. The van der Waals surface area contributed by atoms with Gasteiger partial charge in [-0.15, -0.1) is 48.1 Å². The molecule has 1 aliphatic heterocycles. The molecule has 3 aliphatic rings. The van der Waals surface area contributed by atoms with Crippen LogP contribution in [0.15, 0.2) is 225 Å². The predicted molar refractivity (Wildman–Crippen MR) is 351 cm³/mol. The molecule has 3 heterocycles. The van der Waals surface area contributed by atoms with E-state index < -0.39 is 5.41 Å². The van der Waals surface area contributed by atoms with Gasteiger partial charge in [-0.05, 0) is 131 Å². The maximum atomic E-state index is 6.85. The van der Waals surface area contributed by atoms with E-state index in [1.807, 2.05) is 18.3 Å². The van der Waals surface area contributed by atoms with Crippen LogP contribution in [0.25, 0.3) is 61.0 Å². The molecule has 0 fully saturated rings. The maximum absolute atomic E-state index is 6.85. The van der Waals surface area contributed by atoms with Crippen molar-refractivity contribution >= 4 is 44.6 Å². The summed E-state index contributed by atoms with van der Waals surface area (Å²) in [5, 5.41) is 2.22. The van der Waals surface area contributed by atoms with Crippen LogP contribution in [-0.4, -0.2) is 9.55 Å². The molecule has 0 atom stereocenters. The number of hydrogen-bond acceptors (Lipinski definition) is 4. The number of fused-ring (bicyclic) bond motifs is 13. The fraction of sp³-hybridized carbons (Fsp3) is 0.175. The Labute approximate surface area is 520 Å². The zero-order valence-electron chi connectivity index (χ0n) is 50.2. The molecule has 86 heavy (non-hydrogen) atoms. The van der Waals surface area contributed by atoms with Gasteiger partial charge >= 0.3 is 0 Å². The van der Waals surface area contributed by atoms with Gasteiger partial charge in [-0.3, -0.25) is 0 Å². The van der Waals surface area contributed by atoms with Gasteiger partial charge in [0.25, 0.3) is 0 Å². The normalized spacial score (nSPS) is 14.0. The van der Waals surface area contributed by atoms with Crippen molar-refractivity contribution in [3.05, 3.63) is 293 Å². The summed E-state index contributed by atoms with van der Waals surface area (Å²) in [7, 11) is 0. The molecule has 1 spiro atoms. The van der Waals surface area contributed by atoms with Crippen LogP contribution in [0.4, 0.5) is 22.7 Å². The van der Waals surface area contributed by atoms with Gasteiger partial charge in [0.15, 0.2) is 0 Å². The van der Waals surface area contributed by atoms with E-state index in [1.54, 1.807) is 0 Å². The molecule has 5 nitrogen and oxygen atoms in total. The molecule has 0 radical (unpaired) electrons. The molecule has 12 aromatic rings. The Morgan fingerprint density at radius 3 is 1.76 bits per heavy atom. The SMILES string of the molecule is CC(C)(C)c1cc(-c2cccc(-c3cccc4c3-c3ccccc3C43c4ccccc4Cc4ccccc43)c2N2[CH-]N(c3[c-]c(Oc4[c-]c5c(cc4)c4ccccc4n5-c4cc(C(C)(C)C)ccn4)ccc3)c3ccccc32)cc(C(C)(C)C)c1.[Pt]. The van der Waals surface area contributed by atoms with Crippen LogP contribution in [-0.2, 0) is 49.1 Å². The molecular weight excluding hydrogens is 1230 g/mol. The largest absolute Gasteiger partial charge is 0.509 e. The summed E-state index contributed by atoms with van der Waals surface area (Å²) in [6.45, 7) is 22.9. The minimum absolute atomic E-state index is 0. The Morgan fingerprint density at radius 1 is 0.465 bits per heavy atom. The third-order valence-corrected chi connectivity index (χ3v) is 18.1. The van der Waals surface area contributed by atoms with E-state index in [-0.39, 0.29) is 37.3 Å². The molecule has 2 aromatic heterocycles. The third-order valence-electron chi connectivity index (χ3n) is 18.1. The van der Waals surface area contributed by atoms with Crippen molar-refractivity contribution in [1.29, 1.82) is 0 Å². The van der Waals surface area contributed by atoms with E-state index in [2.05, 4.69) is 302 Å². The molecule has 0 unspecified atom stereocenters. The first-order valence-corrected chi connectivity index (χ1v) is 29.9. The Balaban J connectivity index is 0.00000653. The molecule has 10 aromatic carbocycles. The summed E-state index contributed by atoms with van der Waals surface area (Å²) in [5.74, 6) is 2.02. The predicted octanol–water partition coefficient (Wildman–Crippen LogP) is 20.5. The van der Waals surface area contributed by atoms with Crippen LogP contribution in [0, 0.1) is 18.8 Å². The zero-order chi connectivity index (χ0) is 58.1. The number of rotatable bonds is 7. The van der Waals surface area contributed by atoms with Crippen molar-refractivity contribution in [2.75, 3.05) is 9.80 Å².